The van der Waals surface area contributed by atoms with Gasteiger partial charge in [0.25, 0.3) is 0 Å². The molecule has 2 aromatic carbocycles. The van der Waals surface area contributed by atoms with Crippen LogP contribution >= 0.6 is 11.8 Å². The third-order valence-corrected chi connectivity index (χ3v) is 7.23. The Bertz CT molecular complexity index is 1350. The quantitative estimate of drug-likeness (QED) is 0.309. The molecule has 4 aromatic rings. The number of hydrogen-bond donors (Lipinski definition) is 1. The second kappa shape index (κ2) is 9.91. The summed E-state index contributed by atoms with van der Waals surface area (Å²) in [6, 6.07) is 11.8. The number of benzene rings is 2. The molecular weight excluding hydrogens is 466 g/mol. The molecule has 35 heavy (non-hydrogen) atoms. The average molecular weight is 494 g/mol. The Morgan fingerprint density at radius 1 is 0.971 bits per heavy atom. The second-order valence-electron chi connectivity index (χ2n) is 8.13. The summed E-state index contributed by atoms with van der Waals surface area (Å²) in [5.41, 5.74) is 3.61. The standard InChI is InChI=1S/C25H27N5O4S/c1-32-17-6-4-16(5-7-17)29-8-10-30(11-9-29)22(31)14-35-25-24-23(26-15-27-25)18-12-20(33-2)21(34-3)13-19(18)28-24/h4-7,12-13,15,28H,8-11,14H2,1-3H3. The van der Waals surface area contributed by atoms with Crippen LogP contribution in [0.3, 0.4) is 0 Å². The number of anilines is 1. The first-order chi connectivity index (χ1) is 17.1. The first-order valence-corrected chi connectivity index (χ1v) is 12.3. The fourth-order valence-electron chi connectivity index (χ4n) is 4.34. The van der Waals surface area contributed by atoms with Crippen molar-refractivity contribution in [1.82, 2.24) is 19.9 Å². The van der Waals surface area contributed by atoms with Gasteiger partial charge < -0.3 is 29.0 Å². The van der Waals surface area contributed by atoms with Crippen LogP contribution in [0.15, 0.2) is 47.8 Å². The molecule has 182 valence electrons. The fraction of sp³-hybridized carbons (Fsp3) is 0.320. The largest absolute Gasteiger partial charge is 0.497 e. The van der Waals surface area contributed by atoms with Crippen molar-refractivity contribution in [2.24, 2.45) is 0 Å². The number of carbonyl (C=O) groups is 1. The van der Waals surface area contributed by atoms with Crippen molar-refractivity contribution in [2.45, 2.75) is 5.03 Å². The van der Waals surface area contributed by atoms with Gasteiger partial charge in [0, 0.05) is 43.3 Å². The molecule has 0 radical (unpaired) electrons. The minimum atomic E-state index is 0.107. The van der Waals surface area contributed by atoms with Crippen LogP contribution in [0.2, 0.25) is 0 Å². The van der Waals surface area contributed by atoms with Crippen LogP contribution in [0.1, 0.15) is 0 Å². The predicted molar refractivity (Wildman–Crippen MR) is 137 cm³/mol. The van der Waals surface area contributed by atoms with Crippen LogP contribution in [0.25, 0.3) is 21.9 Å². The zero-order valence-corrected chi connectivity index (χ0v) is 20.7. The number of nitrogens with zero attached hydrogens (tertiary/aromatic N) is 4. The van der Waals surface area contributed by atoms with E-state index in [1.165, 1.54) is 18.1 Å². The van der Waals surface area contributed by atoms with E-state index in [9.17, 15) is 4.79 Å². The van der Waals surface area contributed by atoms with Gasteiger partial charge in [-0.1, -0.05) is 11.8 Å². The Kier molecular flexibility index (Phi) is 6.54. The van der Waals surface area contributed by atoms with Gasteiger partial charge in [-0.15, -0.1) is 0 Å². The summed E-state index contributed by atoms with van der Waals surface area (Å²) in [6.07, 6.45) is 1.53. The topological polar surface area (TPSA) is 92.8 Å². The van der Waals surface area contributed by atoms with E-state index in [0.717, 1.165) is 51.5 Å². The molecule has 1 N–H and O–H groups in total. The minimum Gasteiger partial charge on any atom is -0.497 e. The summed E-state index contributed by atoms with van der Waals surface area (Å²) in [5, 5.41) is 1.66. The number of hydrogen-bond acceptors (Lipinski definition) is 8. The lowest BCUT2D eigenvalue weighted by atomic mass is 10.2. The Hall–Kier alpha value is -3.66. The molecule has 10 heteroatoms. The predicted octanol–water partition coefficient (Wildman–Crippen LogP) is 3.58. The zero-order valence-electron chi connectivity index (χ0n) is 19.9. The molecule has 0 bridgehead atoms. The van der Waals surface area contributed by atoms with Crippen LogP contribution in [0.4, 0.5) is 5.69 Å². The van der Waals surface area contributed by atoms with E-state index in [1.54, 1.807) is 21.3 Å². The van der Waals surface area contributed by atoms with Crippen LogP contribution < -0.4 is 19.1 Å². The van der Waals surface area contributed by atoms with Gasteiger partial charge in [-0.25, -0.2) is 9.97 Å². The van der Waals surface area contributed by atoms with Crippen LogP contribution in [-0.2, 0) is 4.79 Å². The van der Waals surface area contributed by atoms with Crippen LogP contribution in [0.5, 0.6) is 17.2 Å². The smallest absolute Gasteiger partial charge is 0.233 e. The molecule has 1 saturated heterocycles. The number of methoxy groups -OCH3 is 3. The normalized spacial score (nSPS) is 13.9. The summed E-state index contributed by atoms with van der Waals surface area (Å²) in [7, 11) is 4.88. The number of fused-ring (bicyclic) bond motifs is 3. The van der Waals surface area contributed by atoms with Crippen molar-refractivity contribution in [2.75, 3.05) is 58.2 Å². The van der Waals surface area contributed by atoms with E-state index in [2.05, 4.69) is 32.0 Å². The maximum Gasteiger partial charge on any atom is 0.233 e. The maximum absolute atomic E-state index is 13.0. The number of carbonyl (C=O) groups excluding carboxylic acids is 1. The van der Waals surface area contributed by atoms with Crippen molar-refractivity contribution < 1.29 is 19.0 Å². The van der Waals surface area contributed by atoms with Gasteiger partial charge >= 0.3 is 0 Å². The first-order valence-electron chi connectivity index (χ1n) is 11.3. The number of ether oxygens (including phenoxy) is 3. The van der Waals surface area contributed by atoms with Crippen molar-refractivity contribution in [3.8, 4) is 17.2 Å². The molecule has 0 spiro atoms. The number of H-pyrrole nitrogens is 1. The highest BCUT2D eigenvalue weighted by atomic mass is 32.2. The van der Waals surface area contributed by atoms with Gasteiger partial charge in [0.1, 0.15) is 22.6 Å². The lowest BCUT2D eigenvalue weighted by Gasteiger charge is -2.36. The second-order valence-corrected chi connectivity index (χ2v) is 9.10. The first kappa shape index (κ1) is 23.1. The Morgan fingerprint density at radius 2 is 1.69 bits per heavy atom. The average Bonchev–Trinajstić information content (AvgIpc) is 3.29. The number of amides is 1. The van der Waals surface area contributed by atoms with E-state index in [1.807, 2.05) is 29.2 Å². The van der Waals surface area contributed by atoms with Crippen LogP contribution in [0, 0.1) is 0 Å². The Labute approximate surface area is 207 Å². The highest BCUT2D eigenvalue weighted by Gasteiger charge is 2.22. The maximum atomic E-state index is 13.0. The highest BCUT2D eigenvalue weighted by molar-refractivity contribution is 8.00. The number of thioether (sulfide) groups is 1. The molecule has 3 heterocycles. The van der Waals surface area contributed by atoms with Crippen molar-refractivity contribution in [1.29, 1.82) is 0 Å². The van der Waals surface area contributed by atoms with Crippen molar-refractivity contribution in [3.05, 3.63) is 42.7 Å². The number of aromatic nitrogens is 3. The molecule has 1 amide bonds. The minimum absolute atomic E-state index is 0.107. The molecule has 0 saturated carbocycles. The number of rotatable bonds is 7. The third kappa shape index (κ3) is 4.53. The van der Waals surface area contributed by atoms with E-state index < -0.39 is 0 Å². The fourth-order valence-corrected chi connectivity index (χ4v) is 5.19. The number of aromatic amines is 1. The zero-order chi connectivity index (χ0) is 24.4. The molecule has 0 atom stereocenters. The van der Waals surface area contributed by atoms with Gasteiger partial charge in [-0.2, -0.15) is 0 Å². The molecule has 1 fully saturated rings. The van der Waals surface area contributed by atoms with Gasteiger partial charge in [-0.3, -0.25) is 4.79 Å². The molecule has 1 aliphatic rings. The number of piperazine rings is 1. The summed E-state index contributed by atoms with van der Waals surface area (Å²) in [4.78, 5) is 29.5. The van der Waals surface area contributed by atoms with E-state index in [4.69, 9.17) is 14.2 Å². The Balaban J connectivity index is 1.26. The van der Waals surface area contributed by atoms with Gasteiger partial charge in [-0.05, 0) is 30.3 Å². The molecule has 5 rings (SSSR count). The third-order valence-electron chi connectivity index (χ3n) is 6.25. The number of nitrogens with one attached hydrogen (secondary N) is 1. The monoisotopic (exact) mass is 493 g/mol. The van der Waals surface area contributed by atoms with E-state index >= 15 is 0 Å². The molecule has 1 aliphatic heterocycles. The van der Waals surface area contributed by atoms with E-state index in [0.29, 0.717) is 30.3 Å². The summed E-state index contributed by atoms with van der Waals surface area (Å²) in [5.74, 6) is 2.54. The molecule has 2 aromatic heterocycles. The SMILES string of the molecule is COc1ccc(N2CCN(C(=O)CSc3ncnc4c3[nH]c3cc(OC)c(OC)cc34)CC2)cc1. The molecule has 0 unspecified atom stereocenters. The highest BCUT2D eigenvalue weighted by Crippen LogP contribution is 2.37. The summed E-state index contributed by atoms with van der Waals surface area (Å²) < 4.78 is 16.1. The van der Waals surface area contributed by atoms with Crippen molar-refractivity contribution >= 4 is 45.3 Å². The Morgan fingerprint density at radius 3 is 2.37 bits per heavy atom. The molecule has 9 nitrogen and oxygen atoms in total. The lowest BCUT2D eigenvalue weighted by Crippen LogP contribution is -2.49. The molecule has 0 aliphatic carbocycles. The molecular formula is C25H27N5O4S. The van der Waals surface area contributed by atoms with Crippen molar-refractivity contribution in [3.63, 3.8) is 0 Å². The van der Waals surface area contributed by atoms with Gasteiger partial charge in [0.15, 0.2) is 11.5 Å². The summed E-state index contributed by atoms with van der Waals surface area (Å²) >= 11 is 1.42. The summed E-state index contributed by atoms with van der Waals surface area (Å²) in [6.45, 7) is 2.98. The van der Waals surface area contributed by atoms with Gasteiger partial charge in [0.2, 0.25) is 5.91 Å². The van der Waals surface area contributed by atoms with Crippen LogP contribution in [-0.4, -0.2) is 79.0 Å². The van der Waals surface area contributed by atoms with Gasteiger partial charge in [0.05, 0.1) is 38.1 Å². The lowest BCUT2D eigenvalue weighted by molar-refractivity contribution is -0.128. The van der Waals surface area contributed by atoms with E-state index in [-0.39, 0.29) is 5.91 Å².